The lowest BCUT2D eigenvalue weighted by Gasteiger charge is -2.44. The fourth-order valence-electron chi connectivity index (χ4n) is 4.33. The average molecular weight is 606 g/mol. The SMILES string of the molecule is CC(C)(C)OC(=O)NC1(CCc2ccc(OCCCc3cccc(C(F)(F)F)c3)c(C(F)(F)F)c2)COC(C)(C)OC1. The topological polar surface area (TPSA) is 66.0 Å². The van der Waals surface area contributed by atoms with E-state index in [1.165, 1.54) is 24.3 Å². The van der Waals surface area contributed by atoms with Gasteiger partial charge in [-0.3, -0.25) is 0 Å². The van der Waals surface area contributed by atoms with E-state index in [2.05, 4.69) is 5.32 Å². The lowest BCUT2D eigenvalue weighted by atomic mass is 9.91. The maximum absolute atomic E-state index is 13.9. The third kappa shape index (κ3) is 10.1. The van der Waals surface area contributed by atoms with Crippen molar-refractivity contribution >= 4 is 6.09 Å². The van der Waals surface area contributed by atoms with E-state index < -0.39 is 46.5 Å². The first kappa shape index (κ1) is 33.5. The summed E-state index contributed by atoms with van der Waals surface area (Å²) in [5, 5.41) is 2.79. The molecule has 1 fully saturated rings. The highest BCUT2D eigenvalue weighted by molar-refractivity contribution is 5.69. The quantitative estimate of drug-likeness (QED) is 0.234. The molecule has 0 unspecified atom stereocenters. The highest BCUT2D eigenvalue weighted by Crippen LogP contribution is 2.38. The van der Waals surface area contributed by atoms with Crippen LogP contribution < -0.4 is 10.1 Å². The van der Waals surface area contributed by atoms with Crippen LogP contribution in [-0.4, -0.2) is 42.8 Å². The van der Waals surface area contributed by atoms with Crippen molar-refractivity contribution in [3.8, 4) is 5.75 Å². The normalized spacial score (nSPS) is 17.0. The number of carbonyl (C=O) groups is 1. The molecule has 1 amide bonds. The minimum absolute atomic E-state index is 0.0679. The second-order valence-electron chi connectivity index (χ2n) is 11.9. The Morgan fingerprint density at radius 2 is 1.55 bits per heavy atom. The van der Waals surface area contributed by atoms with E-state index in [1.54, 1.807) is 34.6 Å². The summed E-state index contributed by atoms with van der Waals surface area (Å²) in [6, 6.07) is 8.53. The molecule has 1 aliphatic heterocycles. The minimum Gasteiger partial charge on any atom is -0.493 e. The molecule has 0 spiro atoms. The van der Waals surface area contributed by atoms with Crippen molar-refractivity contribution in [1.29, 1.82) is 0 Å². The van der Waals surface area contributed by atoms with Crippen molar-refractivity contribution in [2.24, 2.45) is 0 Å². The van der Waals surface area contributed by atoms with Crippen molar-refractivity contribution in [3.63, 3.8) is 0 Å². The molecule has 6 nitrogen and oxygen atoms in total. The van der Waals surface area contributed by atoms with Gasteiger partial charge >= 0.3 is 18.4 Å². The summed E-state index contributed by atoms with van der Waals surface area (Å²) in [4.78, 5) is 12.6. The summed E-state index contributed by atoms with van der Waals surface area (Å²) in [6.45, 7) is 8.59. The largest absolute Gasteiger partial charge is 0.493 e. The highest BCUT2D eigenvalue weighted by Gasteiger charge is 2.42. The predicted molar refractivity (Wildman–Crippen MR) is 143 cm³/mol. The molecule has 0 bridgehead atoms. The first-order chi connectivity index (χ1) is 19.3. The maximum Gasteiger partial charge on any atom is 0.419 e. The Morgan fingerprint density at radius 1 is 0.905 bits per heavy atom. The third-order valence-corrected chi connectivity index (χ3v) is 6.52. The zero-order chi connectivity index (χ0) is 31.4. The van der Waals surface area contributed by atoms with Gasteiger partial charge in [-0.05, 0) is 89.6 Å². The molecule has 0 radical (unpaired) electrons. The van der Waals surface area contributed by atoms with Crippen LogP contribution in [0.15, 0.2) is 42.5 Å². The average Bonchev–Trinajstić information content (AvgIpc) is 2.85. The van der Waals surface area contributed by atoms with Crippen molar-refractivity contribution in [2.45, 2.75) is 89.6 Å². The maximum atomic E-state index is 13.9. The second kappa shape index (κ2) is 12.7. The molecule has 1 saturated heterocycles. The third-order valence-electron chi connectivity index (χ3n) is 6.52. The van der Waals surface area contributed by atoms with E-state index in [9.17, 15) is 31.1 Å². The molecule has 0 atom stereocenters. The summed E-state index contributed by atoms with van der Waals surface area (Å²) < 4.78 is 103. The van der Waals surface area contributed by atoms with Crippen LogP contribution in [0, 0.1) is 0 Å². The van der Waals surface area contributed by atoms with Gasteiger partial charge in [0.1, 0.15) is 11.4 Å². The van der Waals surface area contributed by atoms with Gasteiger partial charge in [-0.1, -0.05) is 24.3 Å². The zero-order valence-electron chi connectivity index (χ0n) is 24.3. The first-order valence-corrected chi connectivity index (χ1v) is 13.6. The summed E-state index contributed by atoms with van der Waals surface area (Å²) in [5.74, 6) is -1.26. The molecule has 42 heavy (non-hydrogen) atoms. The Kier molecular flexibility index (Phi) is 10.1. The van der Waals surface area contributed by atoms with Crippen LogP contribution in [0.2, 0.25) is 0 Å². The molecule has 3 rings (SSSR count). The Morgan fingerprint density at radius 3 is 2.14 bits per heavy atom. The molecule has 2 aromatic rings. The molecule has 2 aromatic carbocycles. The number of benzene rings is 2. The molecule has 1 heterocycles. The number of alkyl halides is 6. The van der Waals surface area contributed by atoms with Crippen LogP contribution in [0.3, 0.4) is 0 Å². The van der Waals surface area contributed by atoms with Gasteiger partial charge in [-0.15, -0.1) is 0 Å². The van der Waals surface area contributed by atoms with Gasteiger partial charge in [0.15, 0.2) is 5.79 Å². The predicted octanol–water partition coefficient (Wildman–Crippen LogP) is 7.71. The molecule has 1 N–H and O–H groups in total. The standard InChI is InChI=1S/C30H37F6NO5/c1-26(2,3)42-25(38)37-28(18-40-27(4,5)41-19-28)14-13-21-11-12-24(23(17-21)30(34,35)36)39-15-7-9-20-8-6-10-22(16-20)29(31,32)33/h6,8,10-12,16-17H,7,9,13-15,18-19H2,1-5H3,(H,37,38). The molecule has 0 aromatic heterocycles. The van der Waals surface area contributed by atoms with Gasteiger partial charge in [-0.2, -0.15) is 26.3 Å². The highest BCUT2D eigenvalue weighted by atomic mass is 19.4. The van der Waals surface area contributed by atoms with Crippen LogP contribution in [0.25, 0.3) is 0 Å². The van der Waals surface area contributed by atoms with Gasteiger partial charge in [0.25, 0.3) is 0 Å². The van der Waals surface area contributed by atoms with Gasteiger partial charge in [-0.25, -0.2) is 4.79 Å². The number of nitrogens with one attached hydrogen (secondary N) is 1. The smallest absolute Gasteiger partial charge is 0.419 e. The van der Waals surface area contributed by atoms with Crippen molar-refractivity contribution < 1.29 is 50.1 Å². The lowest BCUT2D eigenvalue weighted by molar-refractivity contribution is -0.271. The zero-order valence-corrected chi connectivity index (χ0v) is 24.3. The summed E-state index contributed by atoms with van der Waals surface area (Å²) in [6.07, 6.45) is -9.10. The van der Waals surface area contributed by atoms with E-state index >= 15 is 0 Å². The molecule has 12 heteroatoms. The monoisotopic (exact) mass is 605 g/mol. The van der Waals surface area contributed by atoms with Crippen LogP contribution in [0.1, 0.15) is 69.7 Å². The summed E-state index contributed by atoms with van der Waals surface area (Å²) >= 11 is 0. The number of ether oxygens (including phenoxy) is 4. The van der Waals surface area contributed by atoms with E-state index in [4.69, 9.17) is 18.9 Å². The number of amides is 1. The molecule has 234 valence electrons. The van der Waals surface area contributed by atoms with Gasteiger partial charge in [0, 0.05) is 0 Å². The minimum atomic E-state index is -4.71. The Bertz CT molecular complexity index is 1210. The van der Waals surface area contributed by atoms with Crippen molar-refractivity contribution in [2.75, 3.05) is 19.8 Å². The number of rotatable bonds is 9. The van der Waals surface area contributed by atoms with Crippen LogP contribution in [0.4, 0.5) is 31.1 Å². The van der Waals surface area contributed by atoms with Crippen molar-refractivity contribution in [3.05, 3.63) is 64.7 Å². The van der Waals surface area contributed by atoms with E-state index in [1.807, 2.05) is 0 Å². The molecular formula is C30H37F6NO5. The van der Waals surface area contributed by atoms with Crippen LogP contribution in [0.5, 0.6) is 5.75 Å². The first-order valence-electron chi connectivity index (χ1n) is 13.6. The number of halogens is 6. The van der Waals surface area contributed by atoms with Gasteiger partial charge in [0.05, 0.1) is 36.5 Å². The number of hydrogen-bond acceptors (Lipinski definition) is 5. The van der Waals surface area contributed by atoms with Crippen LogP contribution in [-0.2, 0) is 39.4 Å². The van der Waals surface area contributed by atoms with E-state index in [0.717, 1.165) is 18.2 Å². The fourth-order valence-corrected chi connectivity index (χ4v) is 4.33. The van der Waals surface area contributed by atoms with E-state index in [0.29, 0.717) is 11.1 Å². The lowest BCUT2D eigenvalue weighted by Crippen LogP contribution is -2.61. The molecule has 0 saturated carbocycles. The Balaban J connectivity index is 1.68. The second-order valence-corrected chi connectivity index (χ2v) is 11.9. The molecular weight excluding hydrogens is 568 g/mol. The number of hydrogen-bond donors (Lipinski definition) is 1. The summed E-state index contributed by atoms with van der Waals surface area (Å²) in [5.41, 5.74) is -2.78. The number of carbonyl (C=O) groups excluding carboxylic acids is 1. The Hall–Kier alpha value is -2.99. The molecule has 1 aliphatic rings. The molecule has 0 aliphatic carbocycles. The number of aryl methyl sites for hydroxylation is 2. The van der Waals surface area contributed by atoms with E-state index in [-0.39, 0.29) is 51.3 Å². The van der Waals surface area contributed by atoms with Crippen molar-refractivity contribution in [1.82, 2.24) is 5.32 Å². The fraction of sp³-hybridized carbons (Fsp3) is 0.567. The van der Waals surface area contributed by atoms with Gasteiger partial charge in [0.2, 0.25) is 0 Å². The van der Waals surface area contributed by atoms with Crippen LogP contribution >= 0.6 is 0 Å². The number of alkyl carbamates (subject to hydrolysis) is 1. The van der Waals surface area contributed by atoms with Gasteiger partial charge < -0.3 is 24.3 Å². The Labute approximate surface area is 241 Å². The summed E-state index contributed by atoms with van der Waals surface area (Å²) in [7, 11) is 0.